The topological polar surface area (TPSA) is 43.6 Å². The van der Waals surface area contributed by atoms with Gasteiger partial charge in [-0.3, -0.25) is 0 Å². The molecule has 0 spiro atoms. The molecule has 2 aliphatic rings. The Morgan fingerprint density at radius 1 is 1.28 bits per heavy atom. The van der Waals surface area contributed by atoms with Crippen molar-refractivity contribution in [1.29, 1.82) is 0 Å². The Kier molecular flexibility index (Phi) is 6.44. The average Bonchev–Trinajstić information content (AvgIpc) is 3.12. The van der Waals surface area contributed by atoms with Crippen LogP contribution in [-0.4, -0.2) is 24.4 Å². The van der Waals surface area contributed by atoms with Crippen LogP contribution in [0.5, 0.6) is 0 Å². The van der Waals surface area contributed by atoms with E-state index in [1.807, 2.05) is 54.6 Å². The Bertz CT molecular complexity index is 390. The van der Waals surface area contributed by atoms with E-state index in [0.29, 0.717) is 12.5 Å². The third-order valence-corrected chi connectivity index (χ3v) is 2.39. The van der Waals surface area contributed by atoms with Crippen molar-refractivity contribution in [3.63, 3.8) is 0 Å². The van der Waals surface area contributed by atoms with Crippen molar-refractivity contribution in [3.8, 4) is 0 Å². The van der Waals surface area contributed by atoms with Crippen molar-refractivity contribution in [3.05, 3.63) is 71.4 Å². The molecule has 0 saturated carbocycles. The van der Waals surface area contributed by atoms with Crippen LogP contribution in [0.15, 0.2) is 66.1 Å². The van der Waals surface area contributed by atoms with Gasteiger partial charge in [0.15, 0.2) is 0 Å². The van der Waals surface area contributed by atoms with Gasteiger partial charge in [0, 0.05) is 12.5 Å². The van der Waals surface area contributed by atoms with Crippen molar-refractivity contribution in [1.82, 2.24) is 0 Å². The molecule has 96 valence electrons. The Morgan fingerprint density at radius 2 is 1.94 bits per heavy atom. The number of ether oxygens (including phenoxy) is 1. The molecule has 1 aromatic carbocycles. The summed E-state index contributed by atoms with van der Waals surface area (Å²) < 4.78 is 5.29. The van der Waals surface area contributed by atoms with E-state index in [0.717, 1.165) is 5.57 Å². The van der Waals surface area contributed by atoms with Gasteiger partial charge in [-0.25, -0.2) is 12.1 Å². The first-order valence-electron chi connectivity index (χ1n) is 5.60. The number of allylic oxidation sites excluding steroid dienone is 5. The van der Waals surface area contributed by atoms with Gasteiger partial charge in [-0.15, -0.1) is 0 Å². The fourth-order valence-electron chi connectivity index (χ4n) is 1.50. The van der Waals surface area contributed by atoms with Gasteiger partial charge in [0.1, 0.15) is 0 Å². The smallest absolute Gasteiger partial charge is 0.646 e. The second-order valence-corrected chi connectivity index (χ2v) is 3.72. The van der Waals surface area contributed by atoms with Crippen LogP contribution in [0, 0.1) is 0 Å². The number of rotatable bonds is 1. The molecule has 1 N–H and O–H groups in total. The number of hydrogen-bond donors (Lipinski definition) is 1. The van der Waals surface area contributed by atoms with Crippen LogP contribution < -0.4 is 0 Å². The predicted molar refractivity (Wildman–Crippen MR) is 67.5 cm³/mol. The fraction of sp³-hybridized carbons (Fsp3) is 0.214. The van der Waals surface area contributed by atoms with E-state index >= 15 is 0 Å². The summed E-state index contributed by atoms with van der Waals surface area (Å²) in [5, 5.41) is 13.0. The Morgan fingerprint density at radius 3 is 2.39 bits per heavy atom. The molecule has 18 heavy (non-hydrogen) atoms. The molecule has 0 unspecified atom stereocenters. The molecule has 3 nitrogen and oxygen atoms in total. The zero-order chi connectivity index (χ0) is 11.9. The van der Waals surface area contributed by atoms with Crippen molar-refractivity contribution in [2.24, 2.45) is 0 Å². The predicted octanol–water partition coefficient (Wildman–Crippen LogP) is 2.49. The molecule has 1 aliphatic carbocycles. The van der Waals surface area contributed by atoms with E-state index in [-0.39, 0.29) is 29.7 Å². The van der Waals surface area contributed by atoms with Gasteiger partial charge in [0.25, 0.3) is 0 Å². The largest absolute Gasteiger partial charge is 2.00 e. The third kappa shape index (κ3) is 4.15. The van der Waals surface area contributed by atoms with E-state index in [2.05, 4.69) is 5.32 Å². The maximum atomic E-state index is 8.79. The average molecular weight is 285 g/mol. The van der Waals surface area contributed by atoms with Gasteiger partial charge < -0.3 is 15.2 Å². The van der Waals surface area contributed by atoms with Crippen molar-refractivity contribution >= 4 is 0 Å². The van der Waals surface area contributed by atoms with Crippen LogP contribution in [0.2, 0.25) is 0 Å². The summed E-state index contributed by atoms with van der Waals surface area (Å²) in [6.07, 6.45) is 7.76. The molecular weight excluding hydrogens is 270 g/mol. The van der Waals surface area contributed by atoms with Gasteiger partial charge in [0.05, 0.1) is 6.61 Å². The van der Waals surface area contributed by atoms with Crippen molar-refractivity contribution in [2.45, 2.75) is 6.04 Å². The summed E-state index contributed by atoms with van der Waals surface area (Å²) >= 11 is 0. The van der Waals surface area contributed by atoms with Crippen LogP contribution >= 0.6 is 0 Å². The minimum absolute atomic E-state index is 0. The maximum absolute atomic E-state index is 8.79. The molecule has 1 heterocycles. The zero-order valence-corrected chi connectivity index (χ0v) is 10.9. The molecule has 0 aromatic heterocycles. The van der Waals surface area contributed by atoms with Crippen LogP contribution in [0.25, 0.3) is 5.32 Å². The molecule has 0 bridgehead atoms. The maximum Gasteiger partial charge on any atom is 2.00 e. The molecule has 1 fully saturated rings. The molecule has 1 aliphatic heterocycles. The van der Waals surface area contributed by atoms with Crippen LogP contribution in [0.3, 0.4) is 0 Å². The quantitative estimate of drug-likeness (QED) is 0.636. The molecule has 1 atom stereocenters. The summed E-state index contributed by atoms with van der Waals surface area (Å²) in [5.74, 6) is 0.652. The number of aliphatic hydroxyl groups excluding tert-OH is 1. The van der Waals surface area contributed by atoms with Crippen LogP contribution in [0.1, 0.15) is 0 Å². The number of hydrogen-bond acceptors (Lipinski definition) is 2. The summed E-state index contributed by atoms with van der Waals surface area (Å²) in [6, 6.07) is 9.93. The molecule has 4 heteroatoms. The SMILES string of the molecule is OC[C@@H]1COC(=C2C=CC=C2)[N-]1.[Fe+2].c1cc[cH-]c1. The van der Waals surface area contributed by atoms with Gasteiger partial charge >= 0.3 is 17.1 Å². The first-order chi connectivity index (χ1) is 8.40. The summed E-state index contributed by atoms with van der Waals surface area (Å²) in [4.78, 5) is 0. The third-order valence-electron chi connectivity index (χ3n) is 2.39. The first-order valence-corrected chi connectivity index (χ1v) is 5.60. The summed E-state index contributed by atoms with van der Waals surface area (Å²) in [7, 11) is 0. The number of aliphatic hydroxyl groups is 1. The second kappa shape index (κ2) is 7.88. The Labute approximate surface area is 118 Å². The monoisotopic (exact) mass is 285 g/mol. The van der Waals surface area contributed by atoms with Gasteiger partial charge in [-0.1, -0.05) is 30.3 Å². The summed E-state index contributed by atoms with van der Waals surface area (Å²) in [6.45, 7) is 0.557. The molecule has 0 amide bonds. The van der Waals surface area contributed by atoms with Gasteiger partial charge in [0.2, 0.25) is 0 Å². The molecular formula is C14H15FeNO2. The standard InChI is InChI=1S/C9H10NO2.C5H5.Fe/c11-5-8-6-12-9(10-8)7-3-1-2-4-7;1-2-4-5-3-1;/h1-4,8,11H,5-6H2;1-5H;/q2*-1;+2/t8-;;/m1../s1. The Hall–Kier alpha value is -1.35. The van der Waals surface area contributed by atoms with E-state index in [4.69, 9.17) is 9.84 Å². The molecule has 1 saturated heterocycles. The van der Waals surface area contributed by atoms with E-state index in [1.165, 1.54) is 0 Å². The van der Waals surface area contributed by atoms with Gasteiger partial charge in [-0.2, -0.15) is 18.2 Å². The van der Waals surface area contributed by atoms with Crippen molar-refractivity contribution in [2.75, 3.05) is 13.2 Å². The Balaban J connectivity index is 0.000000230. The van der Waals surface area contributed by atoms with Crippen LogP contribution in [-0.2, 0) is 21.8 Å². The first kappa shape index (κ1) is 14.7. The van der Waals surface area contributed by atoms with E-state index in [1.54, 1.807) is 0 Å². The van der Waals surface area contributed by atoms with Gasteiger partial charge in [-0.05, 0) is 5.57 Å². The fourth-order valence-corrected chi connectivity index (χ4v) is 1.50. The minimum Gasteiger partial charge on any atom is -0.646 e. The molecule has 1 aromatic rings. The zero-order valence-electron chi connectivity index (χ0n) is 9.84. The van der Waals surface area contributed by atoms with E-state index < -0.39 is 0 Å². The minimum atomic E-state index is -0.0742. The van der Waals surface area contributed by atoms with Crippen molar-refractivity contribution < 1.29 is 26.9 Å². The number of nitrogens with zero attached hydrogens (tertiary/aromatic N) is 1. The normalized spacial score (nSPS) is 19.7. The van der Waals surface area contributed by atoms with Crippen LogP contribution in [0.4, 0.5) is 0 Å². The summed E-state index contributed by atoms with van der Waals surface area (Å²) in [5.41, 5.74) is 0.992. The van der Waals surface area contributed by atoms with E-state index in [9.17, 15) is 0 Å². The second-order valence-electron chi connectivity index (χ2n) is 3.72. The molecule has 3 rings (SSSR count). The molecule has 0 radical (unpaired) electrons.